The minimum atomic E-state index is 0.534. The summed E-state index contributed by atoms with van der Waals surface area (Å²) >= 11 is 0. The molecule has 3 rings (SSSR count). The molecule has 2 atom stereocenters. The predicted octanol–water partition coefficient (Wildman–Crippen LogP) is 1.63. The van der Waals surface area contributed by atoms with Crippen molar-refractivity contribution in [3.05, 3.63) is 0 Å². The van der Waals surface area contributed by atoms with Gasteiger partial charge >= 0.3 is 0 Å². The van der Waals surface area contributed by atoms with Gasteiger partial charge in [0.15, 0.2) is 0 Å². The minimum Gasteiger partial charge on any atom is -0.381 e. The second-order valence-electron chi connectivity index (χ2n) is 6.09. The Morgan fingerprint density at radius 3 is 2.65 bits per heavy atom. The van der Waals surface area contributed by atoms with Crippen molar-refractivity contribution >= 4 is 0 Å². The van der Waals surface area contributed by atoms with Crippen LogP contribution in [0.15, 0.2) is 0 Å². The highest BCUT2D eigenvalue weighted by Crippen LogP contribution is 2.37. The third kappa shape index (κ3) is 2.38. The van der Waals surface area contributed by atoms with E-state index in [9.17, 15) is 0 Å². The first-order valence-electron chi connectivity index (χ1n) is 7.33. The number of hydrogen-bond acceptors (Lipinski definition) is 3. The summed E-state index contributed by atoms with van der Waals surface area (Å²) < 4.78 is 5.42. The molecule has 3 nitrogen and oxygen atoms in total. The molecule has 98 valence electrons. The Morgan fingerprint density at radius 2 is 2.06 bits per heavy atom. The highest BCUT2D eigenvalue weighted by molar-refractivity contribution is 4.99. The van der Waals surface area contributed by atoms with E-state index in [1.54, 1.807) is 0 Å². The van der Waals surface area contributed by atoms with E-state index in [2.05, 4.69) is 17.1 Å². The number of rotatable bonds is 4. The standard InChI is InChI=1S/C14H26N2O/c1-3-11-8-15-14(10-4-5-10)9-16(11)12-6-13(7-12)17-2/h10-15H,3-9H2,1-2H3. The van der Waals surface area contributed by atoms with Crippen molar-refractivity contribution in [2.45, 2.75) is 63.3 Å². The lowest BCUT2D eigenvalue weighted by Crippen LogP contribution is -2.63. The molecule has 17 heavy (non-hydrogen) atoms. The van der Waals surface area contributed by atoms with Crippen LogP contribution in [0.4, 0.5) is 0 Å². The Balaban J connectivity index is 1.58. The summed E-state index contributed by atoms with van der Waals surface area (Å²) in [7, 11) is 1.85. The smallest absolute Gasteiger partial charge is 0.0601 e. The van der Waals surface area contributed by atoms with Gasteiger partial charge in [0.05, 0.1) is 6.10 Å². The van der Waals surface area contributed by atoms with Crippen LogP contribution >= 0.6 is 0 Å². The van der Waals surface area contributed by atoms with Gasteiger partial charge in [-0.05, 0) is 38.0 Å². The summed E-state index contributed by atoms with van der Waals surface area (Å²) in [6.07, 6.45) is 7.22. The molecular weight excluding hydrogens is 212 g/mol. The van der Waals surface area contributed by atoms with Gasteiger partial charge in [0.1, 0.15) is 0 Å². The van der Waals surface area contributed by atoms with E-state index in [1.807, 2.05) is 7.11 Å². The minimum absolute atomic E-state index is 0.534. The number of nitrogens with zero attached hydrogens (tertiary/aromatic N) is 1. The van der Waals surface area contributed by atoms with Crippen LogP contribution in [0, 0.1) is 5.92 Å². The van der Waals surface area contributed by atoms with E-state index >= 15 is 0 Å². The molecule has 3 heteroatoms. The third-order valence-electron chi connectivity index (χ3n) is 5.03. The van der Waals surface area contributed by atoms with Crippen molar-refractivity contribution in [3.8, 4) is 0 Å². The van der Waals surface area contributed by atoms with Gasteiger partial charge in [-0.15, -0.1) is 0 Å². The van der Waals surface area contributed by atoms with Crippen molar-refractivity contribution < 1.29 is 4.74 Å². The van der Waals surface area contributed by atoms with Gasteiger partial charge in [-0.1, -0.05) is 6.92 Å². The molecule has 0 spiro atoms. The van der Waals surface area contributed by atoms with Crippen LogP contribution in [0.1, 0.15) is 39.0 Å². The molecule has 0 aromatic heterocycles. The first-order valence-corrected chi connectivity index (χ1v) is 7.33. The van der Waals surface area contributed by atoms with Gasteiger partial charge < -0.3 is 10.1 Å². The van der Waals surface area contributed by atoms with Crippen LogP contribution < -0.4 is 5.32 Å². The second-order valence-corrected chi connectivity index (χ2v) is 6.09. The maximum Gasteiger partial charge on any atom is 0.0601 e. The van der Waals surface area contributed by atoms with Crippen LogP contribution in [-0.2, 0) is 4.74 Å². The molecule has 0 radical (unpaired) electrons. The third-order valence-corrected chi connectivity index (χ3v) is 5.03. The van der Waals surface area contributed by atoms with E-state index in [-0.39, 0.29) is 0 Å². The quantitative estimate of drug-likeness (QED) is 0.805. The highest BCUT2D eigenvalue weighted by Gasteiger charge is 2.42. The maximum absolute atomic E-state index is 5.42. The number of ether oxygens (including phenoxy) is 1. The fourth-order valence-corrected chi connectivity index (χ4v) is 3.49. The zero-order chi connectivity index (χ0) is 11.8. The number of methoxy groups -OCH3 is 1. The average molecular weight is 238 g/mol. The Bertz CT molecular complexity index is 261. The van der Waals surface area contributed by atoms with E-state index in [1.165, 1.54) is 45.2 Å². The topological polar surface area (TPSA) is 24.5 Å². The first kappa shape index (κ1) is 11.9. The van der Waals surface area contributed by atoms with Gasteiger partial charge in [-0.25, -0.2) is 0 Å². The van der Waals surface area contributed by atoms with Crippen LogP contribution in [0.25, 0.3) is 0 Å². The predicted molar refractivity (Wildman–Crippen MR) is 69.1 cm³/mol. The fraction of sp³-hybridized carbons (Fsp3) is 1.00. The summed E-state index contributed by atoms with van der Waals surface area (Å²) in [5.41, 5.74) is 0. The Morgan fingerprint density at radius 1 is 1.29 bits per heavy atom. The molecule has 1 aliphatic heterocycles. The lowest BCUT2D eigenvalue weighted by molar-refractivity contribution is -0.0537. The maximum atomic E-state index is 5.42. The van der Waals surface area contributed by atoms with E-state index in [0.717, 1.165) is 24.0 Å². The average Bonchev–Trinajstić information content (AvgIpc) is 3.11. The van der Waals surface area contributed by atoms with Crippen molar-refractivity contribution in [2.24, 2.45) is 5.92 Å². The molecule has 0 aromatic carbocycles. The Kier molecular flexibility index (Phi) is 3.42. The zero-order valence-corrected chi connectivity index (χ0v) is 11.2. The summed E-state index contributed by atoms with van der Waals surface area (Å²) in [6, 6.07) is 2.33. The fourth-order valence-electron chi connectivity index (χ4n) is 3.49. The van der Waals surface area contributed by atoms with E-state index < -0.39 is 0 Å². The molecule has 3 aliphatic rings. The van der Waals surface area contributed by atoms with Gasteiger partial charge in [0, 0.05) is 38.3 Å². The molecule has 2 saturated carbocycles. The lowest BCUT2D eigenvalue weighted by Gasteiger charge is -2.50. The summed E-state index contributed by atoms with van der Waals surface area (Å²) in [4.78, 5) is 2.79. The molecule has 0 aromatic rings. The van der Waals surface area contributed by atoms with Gasteiger partial charge in [0.2, 0.25) is 0 Å². The molecule has 0 bridgehead atoms. The van der Waals surface area contributed by atoms with Crippen molar-refractivity contribution in [1.82, 2.24) is 10.2 Å². The zero-order valence-electron chi connectivity index (χ0n) is 11.2. The van der Waals surface area contributed by atoms with Crippen LogP contribution in [-0.4, -0.2) is 49.3 Å². The highest BCUT2D eigenvalue weighted by atomic mass is 16.5. The van der Waals surface area contributed by atoms with E-state index in [4.69, 9.17) is 4.74 Å². The monoisotopic (exact) mass is 238 g/mol. The number of piperazine rings is 1. The van der Waals surface area contributed by atoms with E-state index in [0.29, 0.717) is 6.10 Å². The molecule has 3 fully saturated rings. The van der Waals surface area contributed by atoms with Gasteiger partial charge in [-0.3, -0.25) is 4.90 Å². The van der Waals surface area contributed by atoms with Crippen LogP contribution in [0.2, 0.25) is 0 Å². The summed E-state index contributed by atoms with van der Waals surface area (Å²) in [6.45, 7) is 4.80. The Hall–Kier alpha value is -0.120. The Labute approximate surface area is 105 Å². The van der Waals surface area contributed by atoms with Crippen molar-refractivity contribution in [1.29, 1.82) is 0 Å². The van der Waals surface area contributed by atoms with Crippen molar-refractivity contribution in [2.75, 3.05) is 20.2 Å². The lowest BCUT2D eigenvalue weighted by atomic mass is 9.85. The number of hydrogen-bond donors (Lipinski definition) is 1. The SMILES string of the molecule is CCC1CNC(C2CC2)CN1C1CC(OC)C1. The molecule has 0 amide bonds. The molecule has 1 N–H and O–H groups in total. The second kappa shape index (κ2) is 4.87. The molecular formula is C14H26N2O. The summed E-state index contributed by atoms with van der Waals surface area (Å²) in [5.74, 6) is 0.980. The molecule has 2 aliphatic carbocycles. The van der Waals surface area contributed by atoms with Crippen LogP contribution in [0.5, 0.6) is 0 Å². The largest absolute Gasteiger partial charge is 0.381 e. The van der Waals surface area contributed by atoms with Gasteiger partial charge in [0.25, 0.3) is 0 Å². The first-order chi connectivity index (χ1) is 8.31. The number of nitrogens with one attached hydrogen (secondary N) is 1. The van der Waals surface area contributed by atoms with Gasteiger partial charge in [-0.2, -0.15) is 0 Å². The molecule has 2 unspecified atom stereocenters. The van der Waals surface area contributed by atoms with Crippen molar-refractivity contribution in [3.63, 3.8) is 0 Å². The normalized spacial score (nSPS) is 43.4. The molecule has 1 heterocycles. The van der Waals surface area contributed by atoms with Crippen LogP contribution in [0.3, 0.4) is 0 Å². The summed E-state index contributed by atoms with van der Waals surface area (Å²) in [5, 5.41) is 3.77. The molecule has 1 saturated heterocycles.